The molecule has 1 fully saturated rings. The third kappa shape index (κ3) is 3.40. The number of para-hydroxylation sites is 2. The number of amides is 1. The number of morpholine rings is 1. The molecule has 110 valence electrons. The van der Waals surface area contributed by atoms with Gasteiger partial charge in [-0.3, -0.25) is 4.79 Å². The van der Waals surface area contributed by atoms with Crippen LogP contribution in [0.1, 0.15) is 6.92 Å². The van der Waals surface area contributed by atoms with Crippen LogP contribution in [0.2, 0.25) is 0 Å². The fraction of sp³-hybridized carbons (Fsp3) is 0.500. The van der Waals surface area contributed by atoms with Gasteiger partial charge < -0.3 is 24.6 Å². The Morgan fingerprint density at radius 1 is 1.50 bits per heavy atom. The molecule has 6 nitrogen and oxygen atoms in total. The summed E-state index contributed by atoms with van der Waals surface area (Å²) >= 11 is 0. The van der Waals surface area contributed by atoms with Gasteiger partial charge in [0.2, 0.25) is 0 Å². The lowest BCUT2D eigenvalue weighted by Crippen LogP contribution is -2.53. The number of nitrogens with zero attached hydrogens (tertiary/aromatic N) is 1. The summed E-state index contributed by atoms with van der Waals surface area (Å²) < 4.78 is 10.7. The standard InChI is InChI=1S/C14H19NO5/c1-10-8-19-11(7-16)6-15(10)14(18)9-20-13-5-3-2-4-12(13)17/h2-5,10-11,16-17H,6-9H2,1H3. The zero-order valence-electron chi connectivity index (χ0n) is 11.4. The number of carbonyl (C=O) groups excluding carboxylic acids is 1. The first-order valence-electron chi connectivity index (χ1n) is 6.54. The lowest BCUT2D eigenvalue weighted by molar-refractivity contribution is -0.148. The number of phenolic OH excluding ortho intramolecular Hbond substituents is 1. The quantitative estimate of drug-likeness (QED) is 0.834. The van der Waals surface area contributed by atoms with Gasteiger partial charge in [-0.05, 0) is 19.1 Å². The molecule has 2 unspecified atom stereocenters. The average molecular weight is 281 g/mol. The molecule has 2 rings (SSSR count). The molecule has 1 aromatic carbocycles. The minimum atomic E-state index is -0.347. The third-order valence-electron chi connectivity index (χ3n) is 3.25. The highest BCUT2D eigenvalue weighted by molar-refractivity contribution is 5.78. The summed E-state index contributed by atoms with van der Waals surface area (Å²) in [7, 11) is 0. The van der Waals surface area contributed by atoms with Gasteiger partial charge in [0.25, 0.3) is 5.91 Å². The van der Waals surface area contributed by atoms with Crippen molar-refractivity contribution in [3.63, 3.8) is 0 Å². The summed E-state index contributed by atoms with van der Waals surface area (Å²) in [5.41, 5.74) is 0. The molecular weight excluding hydrogens is 262 g/mol. The topological polar surface area (TPSA) is 79.2 Å². The monoisotopic (exact) mass is 281 g/mol. The van der Waals surface area contributed by atoms with Crippen LogP contribution in [0.15, 0.2) is 24.3 Å². The molecule has 20 heavy (non-hydrogen) atoms. The van der Waals surface area contributed by atoms with Crippen LogP contribution in [-0.4, -0.2) is 59.5 Å². The fourth-order valence-electron chi connectivity index (χ4n) is 2.08. The van der Waals surface area contributed by atoms with Crippen molar-refractivity contribution in [1.29, 1.82) is 0 Å². The molecule has 1 heterocycles. The third-order valence-corrected chi connectivity index (χ3v) is 3.25. The van der Waals surface area contributed by atoms with Crippen LogP contribution in [0.3, 0.4) is 0 Å². The second kappa shape index (κ2) is 6.58. The molecule has 0 saturated carbocycles. The molecule has 0 aromatic heterocycles. The van der Waals surface area contributed by atoms with Gasteiger partial charge in [-0.2, -0.15) is 0 Å². The van der Waals surface area contributed by atoms with Crippen LogP contribution < -0.4 is 4.74 Å². The summed E-state index contributed by atoms with van der Waals surface area (Å²) in [5.74, 6) is 0.0894. The molecule has 0 bridgehead atoms. The summed E-state index contributed by atoms with van der Waals surface area (Å²) in [6, 6.07) is 6.44. The second-order valence-electron chi connectivity index (χ2n) is 4.79. The van der Waals surface area contributed by atoms with E-state index in [1.54, 1.807) is 23.1 Å². The van der Waals surface area contributed by atoms with E-state index in [9.17, 15) is 9.90 Å². The summed E-state index contributed by atoms with van der Waals surface area (Å²) in [6.07, 6.45) is -0.347. The highest BCUT2D eigenvalue weighted by atomic mass is 16.5. The van der Waals surface area contributed by atoms with E-state index >= 15 is 0 Å². The van der Waals surface area contributed by atoms with E-state index in [1.807, 2.05) is 6.92 Å². The van der Waals surface area contributed by atoms with Gasteiger partial charge in [0.05, 0.1) is 25.4 Å². The SMILES string of the molecule is CC1COC(CO)CN1C(=O)COc1ccccc1O. The van der Waals surface area contributed by atoms with E-state index in [2.05, 4.69) is 0 Å². The van der Waals surface area contributed by atoms with E-state index in [0.717, 1.165) is 0 Å². The van der Waals surface area contributed by atoms with Crippen LogP contribution in [0.5, 0.6) is 11.5 Å². The number of ether oxygens (including phenoxy) is 2. The molecule has 1 aromatic rings. The first-order valence-corrected chi connectivity index (χ1v) is 6.54. The Bertz CT molecular complexity index is 465. The number of aromatic hydroxyl groups is 1. The number of hydrogen-bond acceptors (Lipinski definition) is 5. The van der Waals surface area contributed by atoms with Gasteiger partial charge in [-0.25, -0.2) is 0 Å². The lowest BCUT2D eigenvalue weighted by Gasteiger charge is -2.37. The Labute approximate surface area is 117 Å². The molecular formula is C14H19NO5. The number of phenols is 1. The molecule has 0 aliphatic carbocycles. The molecule has 6 heteroatoms. The minimum absolute atomic E-state index is 0.00330. The molecule has 0 radical (unpaired) electrons. The van der Waals surface area contributed by atoms with Crippen molar-refractivity contribution in [2.24, 2.45) is 0 Å². The second-order valence-corrected chi connectivity index (χ2v) is 4.79. The van der Waals surface area contributed by atoms with Gasteiger partial charge in [0.1, 0.15) is 0 Å². The van der Waals surface area contributed by atoms with E-state index in [-0.39, 0.29) is 42.8 Å². The highest BCUT2D eigenvalue weighted by Crippen LogP contribution is 2.24. The normalized spacial score (nSPS) is 22.6. The van der Waals surface area contributed by atoms with Crippen molar-refractivity contribution < 1.29 is 24.5 Å². The van der Waals surface area contributed by atoms with E-state index in [0.29, 0.717) is 13.2 Å². The van der Waals surface area contributed by atoms with E-state index < -0.39 is 0 Å². The van der Waals surface area contributed by atoms with Crippen molar-refractivity contribution >= 4 is 5.91 Å². The molecule has 0 spiro atoms. The van der Waals surface area contributed by atoms with Gasteiger partial charge >= 0.3 is 0 Å². The van der Waals surface area contributed by atoms with Gasteiger partial charge in [-0.15, -0.1) is 0 Å². The van der Waals surface area contributed by atoms with Crippen molar-refractivity contribution in [2.75, 3.05) is 26.4 Å². The summed E-state index contributed by atoms with van der Waals surface area (Å²) in [4.78, 5) is 13.8. The molecule has 1 saturated heterocycles. The number of carbonyl (C=O) groups is 1. The van der Waals surface area contributed by atoms with Crippen LogP contribution in [0.4, 0.5) is 0 Å². The number of benzene rings is 1. The van der Waals surface area contributed by atoms with Crippen molar-refractivity contribution in [3.8, 4) is 11.5 Å². The first kappa shape index (κ1) is 14.6. The largest absolute Gasteiger partial charge is 0.504 e. The molecule has 1 aliphatic rings. The van der Waals surface area contributed by atoms with Gasteiger partial charge in [0.15, 0.2) is 18.1 Å². The zero-order valence-corrected chi connectivity index (χ0v) is 11.4. The Hall–Kier alpha value is -1.79. The summed E-state index contributed by atoms with van der Waals surface area (Å²) in [6.45, 7) is 2.36. The van der Waals surface area contributed by atoms with Crippen LogP contribution >= 0.6 is 0 Å². The first-order chi connectivity index (χ1) is 9.61. The van der Waals surface area contributed by atoms with Gasteiger partial charge in [-0.1, -0.05) is 12.1 Å². The molecule has 2 atom stereocenters. The van der Waals surface area contributed by atoms with Crippen molar-refractivity contribution in [2.45, 2.75) is 19.1 Å². The Kier molecular flexibility index (Phi) is 4.81. The maximum Gasteiger partial charge on any atom is 0.260 e. The predicted octanol–water partition coefficient (Wildman–Crippen LogP) is 0.379. The van der Waals surface area contributed by atoms with Crippen LogP contribution in [-0.2, 0) is 9.53 Å². The number of hydrogen-bond donors (Lipinski definition) is 2. The number of rotatable bonds is 4. The Morgan fingerprint density at radius 2 is 2.25 bits per heavy atom. The van der Waals surface area contributed by atoms with Crippen molar-refractivity contribution in [3.05, 3.63) is 24.3 Å². The van der Waals surface area contributed by atoms with Gasteiger partial charge in [0, 0.05) is 6.54 Å². The Balaban J connectivity index is 1.92. The number of aliphatic hydroxyl groups excluding tert-OH is 1. The zero-order chi connectivity index (χ0) is 14.5. The molecule has 1 aliphatic heterocycles. The average Bonchev–Trinajstić information content (AvgIpc) is 2.46. The van der Waals surface area contributed by atoms with Crippen LogP contribution in [0.25, 0.3) is 0 Å². The van der Waals surface area contributed by atoms with E-state index in [4.69, 9.17) is 14.6 Å². The molecule has 2 N–H and O–H groups in total. The predicted molar refractivity (Wildman–Crippen MR) is 71.6 cm³/mol. The van der Waals surface area contributed by atoms with Crippen molar-refractivity contribution in [1.82, 2.24) is 4.90 Å². The maximum atomic E-state index is 12.1. The highest BCUT2D eigenvalue weighted by Gasteiger charge is 2.29. The van der Waals surface area contributed by atoms with Crippen LogP contribution in [0, 0.1) is 0 Å². The van der Waals surface area contributed by atoms with E-state index in [1.165, 1.54) is 6.07 Å². The molecule has 1 amide bonds. The minimum Gasteiger partial charge on any atom is -0.504 e. The Morgan fingerprint density at radius 3 is 2.95 bits per heavy atom. The maximum absolute atomic E-state index is 12.1. The fourth-order valence-corrected chi connectivity index (χ4v) is 2.08. The smallest absolute Gasteiger partial charge is 0.260 e. The lowest BCUT2D eigenvalue weighted by atomic mass is 10.2. The number of aliphatic hydroxyl groups is 1. The summed E-state index contributed by atoms with van der Waals surface area (Å²) in [5, 5.41) is 18.7.